The fourth-order valence-corrected chi connectivity index (χ4v) is 1.92. The van der Waals surface area contributed by atoms with Gasteiger partial charge in [0.05, 0.1) is 0 Å². The largest absolute Gasteiger partial charge is 0.480 e. The smallest absolute Gasteiger partial charge is 0.329 e. The van der Waals surface area contributed by atoms with Crippen molar-refractivity contribution in [1.29, 1.82) is 0 Å². The molecule has 1 unspecified atom stereocenters. The van der Waals surface area contributed by atoms with Gasteiger partial charge in [-0.15, -0.1) is 5.10 Å². The third kappa shape index (κ3) is 2.59. The second kappa shape index (κ2) is 4.64. The van der Waals surface area contributed by atoms with Crippen LogP contribution in [0.15, 0.2) is 0 Å². The minimum absolute atomic E-state index is 0.0162. The molecular formula is C12H18N4O3. The van der Waals surface area contributed by atoms with Crippen LogP contribution in [0.3, 0.4) is 0 Å². The monoisotopic (exact) mass is 266 g/mol. The maximum Gasteiger partial charge on any atom is 0.329 e. The zero-order chi connectivity index (χ0) is 14.2. The Morgan fingerprint density at radius 1 is 1.47 bits per heavy atom. The van der Waals surface area contributed by atoms with Crippen LogP contribution in [0.25, 0.3) is 0 Å². The number of aromatic nitrogens is 3. The van der Waals surface area contributed by atoms with Crippen molar-refractivity contribution in [3.63, 3.8) is 0 Å². The van der Waals surface area contributed by atoms with Gasteiger partial charge in [0.25, 0.3) is 5.91 Å². The molecule has 1 fully saturated rings. The maximum atomic E-state index is 12.0. The molecule has 1 aromatic rings. The number of carbonyl (C=O) groups excluding carboxylic acids is 1. The first kappa shape index (κ1) is 13.5. The van der Waals surface area contributed by atoms with Crippen molar-refractivity contribution in [1.82, 2.24) is 20.5 Å². The molecule has 3 N–H and O–H groups in total. The number of H-pyrrole nitrogens is 1. The minimum Gasteiger partial charge on any atom is -0.480 e. The maximum absolute atomic E-state index is 12.0. The van der Waals surface area contributed by atoms with Crippen molar-refractivity contribution in [3.8, 4) is 0 Å². The van der Waals surface area contributed by atoms with Crippen LogP contribution < -0.4 is 5.32 Å². The quantitative estimate of drug-likeness (QED) is 0.734. The van der Waals surface area contributed by atoms with Gasteiger partial charge in [0.15, 0.2) is 0 Å². The SMILES string of the molecule is CC(C)c1nc(C(=O)NC(C)(C(=O)O)C2CC2)n[nH]1. The zero-order valence-corrected chi connectivity index (χ0v) is 11.2. The first-order valence-corrected chi connectivity index (χ1v) is 6.32. The molecule has 0 spiro atoms. The Morgan fingerprint density at radius 2 is 2.11 bits per heavy atom. The van der Waals surface area contributed by atoms with Crippen molar-refractivity contribution in [2.45, 2.75) is 45.1 Å². The van der Waals surface area contributed by atoms with Gasteiger partial charge in [-0.25, -0.2) is 9.78 Å². The average Bonchev–Trinajstić information content (AvgIpc) is 3.06. The van der Waals surface area contributed by atoms with Crippen molar-refractivity contribution < 1.29 is 14.7 Å². The number of carboxylic acid groups (broad SMARTS) is 1. The molecule has 7 heteroatoms. The van der Waals surface area contributed by atoms with Gasteiger partial charge in [0.1, 0.15) is 11.4 Å². The molecule has 0 bridgehead atoms. The predicted molar refractivity (Wildman–Crippen MR) is 66.7 cm³/mol. The Kier molecular flexibility index (Phi) is 3.30. The number of carboxylic acids is 1. The molecular weight excluding hydrogens is 248 g/mol. The molecule has 1 aromatic heterocycles. The molecule has 0 aromatic carbocycles. The van der Waals surface area contributed by atoms with Crippen LogP contribution >= 0.6 is 0 Å². The Bertz CT molecular complexity index is 507. The van der Waals surface area contributed by atoms with Crippen LogP contribution in [0.1, 0.15) is 56.0 Å². The van der Waals surface area contributed by atoms with E-state index < -0.39 is 17.4 Å². The number of nitrogens with zero attached hydrogens (tertiary/aromatic N) is 2. The summed E-state index contributed by atoms with van der Waals surface area (Å²) in [6, 6.07) is 0. The van der Waals surface area contributed by atoms with Crippen molar-refractivity contribution in [2.24, 2.45) is 5.92 Å². The number of hydrogen-bond acceptors (Lipinski definition) is 4. The number of nitrogens with one attached hydrogen (secondary N) is 2. The highest BCUT2D eigenvalue weighted by atomic mass is 16.4. The molecule has 2 rings (SSSR count). The lowest BCUT2D eigenvalue weighted by Gasteiger charge is -2.25. The standard InChI is InChI=1S/C12H18N4O3/c1-6(2)8-13-9(16-15-8)10(17)14-12(3,11(18)19)7-4-5-7/h6-7H,4-5H2,1-3H3,(H,14,17)(H,18,19)(H,13,15,16). The van der Waals surface area contributed by atoms with E-state index in [0.29, 0.717) is 5.82 Å². The Hall–Kier alpha value is -1.92. The van der Waals surface area contributed by atoms with Crippen LogP contribution in [-0.4, -0.2) is 37.7 Å². The van der Waals surface area contributed by atoms with Crippen LogP contribution in [0.2, 0.25) is 0 Å². The molecule has 1 aliphatic carbocycles. The molecule has 1 atom stereocenters. The fourth-order valence-electron chi connectivity index (χ4n) is 1.92. The Balaban J connectivity index is 2.13. The molecule has 19 heavy (non-hydrogen) atoms. The predicted octanol–water partition coefficient (Wildman–Crippen LogP) is 0.911. The summed E-state index contributed by atoms with van der Waals surface area (Å²) in [5.41, 5.74) is -1.24. The van der Waals surface area contributed by atoms with E-state index in [1.807, 2.05) is 13.8 Å². The second-order valence-corrected chi connectivity index (χ2v) is 5.43. The molecule has 7 nitrogen and oxygen atoms in total. The fraction of sp³-hybridized carbons (Fsp3) is 0.667. The van der Waals surface area contributed by atoms with Crippen molar-refractivity contribution in [2.75, 3.05) is 0 Å². The highest BCUT2D eigenvalue weighted by Gasteiger charge is 2.49. The van der Waals surface area contributed by atoms with Gasteiger partial charge in [-0.1, -0.05) is 13.8 Å². The van der Waals surface area contributed by atoms with Crippen LogP contribution in [0.5, 0.6) is 0 Å². The zero-order valence-electron chi connectivity index (χ0n) is 11.2. The van der Waals surface area contributed by atoms with Crippen LogP contribution in [0, 0.1) is 5.92 Å². The molecule has 104 valence electrons. The van der Waals surface area contributed by atoms with E-state index in [2.05, 4.69) is 20.5 Å². The summed E-state index contributed by atoms with van der Waals surface area (Å²) >= 11 is 0. The first-order valence-electron chi connectivity index (χ1n) is 6.32. The molecule has 1 heterocycles. The van der Waals surface area contributed by atoms with Gasteiger partial charge < -0.3 is 10.4 Å². The summed E-state index contributed by atoms with van der Waals surface area (Å²) in [6.45, 7) is 5.38. The molecule has 1 aliphatic rings. The van der Waals surface area contributed by atoms with E-state index in [0.717, 1.165) is 12.8 Å². The number of aliphatic carboxylic acids is 1. The lowest BCUT2D eigenvalue weighted by Crippen LogP contribution is -2.54. The summed E-state index contributed by atoms with van der Waals surface area (Å²) in [4.78, 5) is 27.4. The number of aromatic amines is 1. The average molecular weight is 266 g/mol. The van der Waals surface area contributed by atoms with E-state index in [-0.39, 0.29) is 17.7 Å². The van der Waals surface area contributed by atoms with Gasteiger partial charge in [-0.05, 0) is 25.7 Å². The molecule has 0 radical (unpaired) electrons. The summed E-state index contributed by atoms with van der Waals surface area (Å²) < 4.78 is 0. The van der Waals surface area contributed by atoms with Gasteiger partial charge in [0.2, 0.25) is 5.82 Å². The summed E-state index contributed by atoms with van der Waals surface area (Å²) in [5.74, 6) is -0.880. The topological polar surface area (TPSA) is 108 Å². The summed E-state index contributed by atoms with van der Waals surface area (Å²) in [6.07, 6.45) is 1.63. The second-order valence-electron chi connectivity index (χ2n) is 5.43. The number of carbonyl (C=O) groups is 2. The van der Waals surface area contributed by atoms with Gasteiger partial charge in [-0.2, -0.15) is 0 Å². The highest BCUT2D eigenvalue weighted by Crippen LogP contribution is 2.39. The lowest BCUT2D eigenvalue weighted by atomic mass is 9.96. The minimum atomic E-state index is -1.24. The van der Waals surface area contributed by atoms with E-state index >= 15 is 0 Å². The highest BCUT2D eigenvalue weighted by molar-refractivity contribution is 5.95. The normalized spacial score (nSPS) is 18.1. The van der Waals surface area contributed by atoms with Crippen molar-refractivity contribution >= 4 is 11.9 Å². The van der Waals surface area contributed by atoms with Gasteiger partial charge in [-0.3, -0.25) is 9.89 Å². The van der Waals surface area contributed by atoms with E-state index in [1.54, 1.807) is 0 Å². The van der Waals surface area contributed by atoms with E-state index in [1.165, 1.54) is 6.92 Å². The van der Waals surface area contributed by atoms with Crippen LogP contribution in [0.4, 0.5) is 0 Å². The third-order valence-corrected chi connectivity index (χ3v) is 3.46. The summed E-state index contributed by atoms with van der Waals surface area (Å²) in [5, 5.41) is 18.3. The number of rotatable bonds is 5. The van der Waals surface area contributed by atoms with Gasteiger partial charge >= 0.3 is 5.97 Å². The van der Waals surface area contributed by atoms with Gasteiger partial charge in [0, 0.05) is 5.92 Å². The third-order valence-electron chi connectivity index (χ3n) is 3.46. The molecule has 1 amide bonds. The first-order chi connectivity index (χ1) is 8.84. The van der Waals surface area contributed by atoms with E-state index in [4.69, 9.17) is 0 Å². The Morgan fingerprint density at radius 3 is 2.53 bits per heavy atom. The summed E-state index contributed by atoms with van der Waals surface area (Å²) in [7, 11) is 0. The molecule has 0 aliphatic heterocycles. The Labute approximate surface area is 110 Å². The van der Waals surface area contributed by atoms with E-state index in [9.17, 15) is 14.7 Å². The van der Waals surface area contributed by atoms with Crippen molar-refractivity contribution in [3.05, 3.63) is 11.6 Å². The van der Waals surface area contributed by atoms with Crippen LogP contribution in [-0.2, 0) is 4.79 Å². The number of amides is 1. The number of hydrogen-bond donors (Lipinski definition) is 3. The molecule has 0 saturated heterocycles. The molecule has 1 saturated carbocycles. The lowest BCUT2D eigenvalue weighted by molar-refractivity contribution is -0.144.